The van der Waals surface area contributed by atoms with Crippen molar-refractivity contribution in [2.75, 3.05) is 44.6 Å². The van der Waals surface area contributed by atoms with Crippen molar-refractivity contribution >= 4 is 68.1 Å². The number of nitrogens with zero attached hydrogens (tertiary/aromatic N) is 2. The highest BCUT2D eigenvalue weighted by molar-refractivity contribution is 7.90. The maximum atomic E-state index is 13.4. The summed E-state index contributed by atoms with van der Waals surface area (Å²) in [5.41, 5.74) is 4.71. The molecule has 0 bridgehead atoms. The number of benzene rings is 2. The number of hydrogen-bond acceptors (Lipinski definition) is 6. The highest BCUT2D eigenvalue weighted by atomic mass is 35.5. The third-order valence-corrected chi connectivity index (χ3v) is 10.7. The summed E-state index contributed by atoms with van der Waals surface area (Å²) >= 11 is 12.5. The number of carbonyl (C=O) groups excluding carboxylic acids is 3. The average Bonchev–Trinajstić information content (AvgIpc) is 3.44. The van der Waals surface area contributed by atoms with Crippen LogP contribution in [0.15, 0.2) is 41.3 Å². The second-order valence-corrected chi connectivity index (χ2v) is 14.1. The van der Waals surface area contributed by atoms with Gasteiger partial charge in [0.25, 0.3) is 5.91 Å². The van der Waals surface area contributed by atoms with Crippen molar-refractivity contribution in [2.45, 2.75) is 37.8 Å². The van der Waals surface area contributed by atoms with Crippen LogP contribution < -0.4 is 10.6 Å². The molecule has 5 rings (SSSR count). The molecule has 2 aliphatic heterocycles. The quantitative estimate of drug-likeness (QED) is 0.292. The molecule has 1 fully saturated rings. The maximum absolute atomic E-state index is 13.4. The molecule has 10 nitrogen and oxygen atoms in total. The molecule has 0 unspecified atom stereocenters. The molecule has 3 aromatic rings. The van der Waals surface area contributed by atoms with E-state index in [4.69, 9.17) is 23.2 Å². The first-order valence-corrected chi connectivity index (χ1v) is 17.0. The Labute approximate surface area is 272 Å². The molecule has 0 atom stereocenters. The molecule has 0 saturated carbocycles. The number of anilines is 1. The number of aromatic nitrogens is 1. The van der Waals surface area contributed by atoms with Crippen LogP contribution in [0.5, 0.6) is 0 Å². The van der Waals surface area contributed by atoms with Crippen LogP contribution in [0.2, 0.25) is 10.0 Å². The highest BCUT2D eigenvalue weighted by Crippen LogP contribution is 2.37. The maximum Gasteiger partial charge on any atom is 0.256 e. The number of rotatable bonds is 9. The normalized spacial score (nSPS) is 16.2. The summed E-state index contributed by atoms with van der Waals surface area (Å²) in [6.45, 7) is 9.50. The lowest BCUT2D eigenvalue weighted by molar-refractivity contribution is -0.130. The summed E-state index contributed by atoms with van der Waals surface area (Å²) in [5, 5.41) is 6.31. The van der Waals surface area contributed by atoms with E-state index in [0.29, 0.717) is 54.3 Å². The van der Waals surface area contributed by atoms with Crippen LogP contribution in [-0.2, 0) is 36.4 Å². The Bertz CT molecular complexity index is 1790. The average molecular weight is 673 g/mol. The third kappa shape index (κ3) is 7.27. The molecule has 3 heterocycles. The van der Waals surface area contributed by atoms with Crippen LogP contribution >= 0.6 is 23.2 Å². The molecule has 0 aliphatic carbocycles. The molecule has 2 aromatic carbocycles. The van der Waals surface area contributed by atoms with E-state index in [2.05, 4.69) is 20.5 Å². The van der Waals surface area contributed by atoms with E-state index in [1.54, 1.807) is 37.3 Å². The fourth-order valence-electron chi connectivity index (χ4n) is 5.68. The van der Waals surface area contributed by atoms with E-state index in [0.717, 1.165) is 29.9 Å². The summed E-state index contributed by atoms with van der Waals surface area (Å²) in [7, 11) is -3.85. The van der Waals surface area contributed by atoms with Gasteiger partial charge in [-0.25, -0.2) is 8.42 Å². The predicted molar refractivity (Wildman–Crippen MR) is 176 cm³/mol. The van der Waals surface area contributed by atoms with E-state index >= 15 is 0 Å². The molecule has 0 radical (unpaired) electrons. The van der Waals surface area contributed by atoms with Gasteiger partial charge in [-0.3, -0.25) is 19.3 Å². The number of H-pyrrole nitrogens is 1. The number of aryl methyl sites for hydroxylation is 1. The molecule has 45 heavy (non-hydrogen) atoms. The lowest BCUT2D eigenvalue weighted by Crippen LogP contribution is -2.49. The molecule has 1 aromatic heterocycles. The Morgan fingerprint density at radius 1 is 1.02 bits per heavy atom. The molecular weight excluding hydrogens is 637 g/mol. The van der Waals surface area contributed by atoms with Gasteiger partial charge in [0, 0.05) is 84.4 Å². The molecule has 13 heteroatoms. The molecule has 1 saturated heterocycles. The standard InChI is InChI=1S/C32H35Cl2N5O5S/c1-19-23(17-31(41)35-9-10-38-11-13-39(14-12-38)21(3)40)20(2)36-30(19)16-25-24-15-22(7-8-29(24)37-32(25)42)45(43,44)18-26-27(33)5-4-6-28(26)34/h4-8,15-16,36H,9-14,17-18H2,1-3H3,(H,35,41)(H,37,42)/b25-16-. The van der Waals surface area contributed by atoms with Crippen LogP contribution in [0.3, 0.4) is 0 Å². The van der Waals surface area contributed by atoms with Crippen LogP contribution in [0.4, 0.5) is 5.69 Å². The number of halogens is 2. The van der Waals surface area contributed by atoms with E-state index in [1.165, 1.54) is 12.1 Å². The first-order valence-electron chi connectivity index (χ1n) is 14.6. The van der Waals surface area contributed by atoms with Crippen molar-refractivity contribution in [3.05, 3.63) is 80.1 Å². The number of hydrogen-bond donors (Lipinski definition) is 3. The topological polar surface area (TPSA) is 132 Å². The number of amides is 3. The lowest BCUT2D eigenvalue weighted by Gasteiger charge is -2.34. The van der Waals surface area contributed by atoms with E-state index in [-0.39, 0.29) is 44.8 Å². The van der Waals surface area contributed by atoms with E-state index in [9.17, 15) is 22.8 Å². The van der Waals surface area contributed by atoms with Gasteiger partial charge in [0.1, 0.15) is 0 Å². The summed E-state index contributed by atoms with van der Waals surface area (Å²) in [6.07, 6.45) is 1.86. The second-order valence-electron chi connectivity index (χ2n) is 11.3. The van der Waals surface area contributed by atoms with Gasteiger partial charge in [0.15, 0.2) is 9.84 Å². The SMILES string of the molecule is CC(=O)N1CCN(CCNC(=O)Cc2c(C)[nH]c(/C=C3\C(=O)Nc4ccc(S(=O)(=O)Cc5c(Cl)cccc5Cl)cc43)c2C)CC1. The minimum absolute atomic E-state index is 0.0390. The minimum atomic E-state index is -3.85. The number of aromatic amines is 1. The fourth-order valence-corrected chi connectivity index (χ4v) is 7.80. The van der Waals surface area contributed by atoms with Gasteiger partial charge in [-0.15, -0.1) is 0 Å². The van der Waals surface area contributed by atoms with Crippen LogP contribution in [0.1, 0.15) is 40.6 Å². The zero-order valence-corrected chi connectivity index (χ0v) is 27.6. The Balaban J connectivity index is 1.29. The molecule has 3 amide bonds. The fraction of sp³-hybridized carbons (Fsp3) is 0.344. The van der Waals surface area contributed by atoms with Gasteiger partial charge < -0.3 is 20.5 Å². The van der Waals surface area contributed by atoms with Gasteiger partial charge in [0.05, 0.1) is 22.6 Å². The Hall–Kier alpha value is -3.64. The van der Waals surface area contributed by atoms with Crippen molar-refractivity contribution in [1.82, 2.24) is 20.1 Å². The summed E-state index contributed by atoms with van der Waals surface area (Å²) in [4.78, 5) is 44.7. The number of nitrogens with one attached hydrogen (secondary N) is 3. The Morgan fingerprint density at radius 3 is 2.38 bits per heavy atom. The van der Waals surface area contributed by atoms with Crippen LogP contribution in [-0.4, -0.2) is 80.2 Å². The van der Waals surface area contributed by atoms with Crippen molar-refractivity contribution in [1.29, 1.82) is 0 Å². The van der Waals surface area contributed by atoms with Crippen molar-refractivity contribution in [3.63, 3.8) is 0 Å². The molecule has 2 aliphatic rings. The number of piperazine rings is 1. The predicted octanol–water partition coefficient (Wildman–Crippen LogP) is 4.23. The van der Waals surface area contributed by atoms with E-state index < -0.39 is 9.84 Å². The largest absolute Gasteiger partial charge is 0.359 e. The first kappa shape index (κ1) is 32.7. The number of carbonyl (C=O) groups is 3. The minimum Gasteiger partial charge on any atom is -0.359 e. The van der Waals surface area contributed by atoms with Crippen molar-refractivity contribution in [3.8, 4) is 0 Å². The molecule has 0 spiro atoms. The van der Waals surface area contributed by atoms with Gasteiger partial charge in [-0.05, 0) is 61.4 Å². The highest BCUT2D eigenvalue weighted by Gasteiger charge is 2.28. The Morgan fingerprint density at radius 2 is 1.71 bits per heavy atom. The smallest absolute Gasteiger partial charge is 0.256 e. The zero-order valence-electron chi connectivity index (χ0n) is 25.3. The second kappa shape index (κ2) is 13.4. The summed E-state index contributed by atoms with van der Waals surface area (Å²) < 4.78 is 26.7. The van der Waals surface area contributed by atoms with Crippen LogP contribution in [0.25, 0.3) is 11.6 Å². The van der Waals surface area contributed by atoms with E-state index in [1.807, 2.05) is 18.7 Å². The molecule has 238 valence electrons. The monoisotopic (exact) mass is 671 g/mol. The summed E-state index contributed by atoms with van der Waals surface area (Å²) in [5.74, 6) is -0.773. The third-order valence-electron chi connectivity index (χ3n) is 8.35. The number of sulfone groups is 1. The molecular formula is C32H35Cl2N5O5S. The van der Waals surface area contributed by atoms with Crippen LogP contribution in [0, 0.1) is 13.8 Å². The van der Waals surface area contributed by atoms with Gasteiger partial charge in [0.2, 0.25) is 11.8 Å². The molecule has 3 N–H and O–H groups in total. The van der Waals surface area contributed by atoms with Crippen molar-refractivity contribution in [2.24, 2.45) is 0 Å². The number of fused-ring (bicyclic) bond motifs is 1. The summed E-state index contributed by atoms with van der Waals surface area (Å²) in [6, 6.07) is 9.33. The van der Waals surface area contributed by atoms with Gasteiger partial charge in [-0.1, -0.05) is 29.3 Å². The first-order chi connectivity index (χ1) is 21.3. The van der Waals surface area contributed by atoms with Crippen molar-refractivity contribution < 1.29 is 22.8 Å². The lowest BCUT2D eigenvalue weighted by atomic mass is 10.0. The Kier molecular flexibility index (Phi) is 9.74. The van der Waals surface area contributed by atoms with Gasteiger partial charge in [-0.2, -0.15) is 0 Å². The zero-order chi connectivity index (χ0) is 32.5. The van der Waals surface area contributed by atoms with Gasteiger partial charge >= 0.3 is 0 Å².